The number of nitrogens with one attached hydrogen (secondary N) is 1. The SMILES string of the molecule is CN(C)CCC(=O)NC1(C(=O)O)CCC1. The lowest BCUT2D eigenvalue weighted by atomic mass is 9.76. The van der Waals surface area contributed by atoms with Crippen LogP contribution in [0.5, 0.6) is 0 Å². The van der Waals surface area contributed by atoms with Crippen LogP contribution in [0.1, 0.15) is 25.7 Å². The zero-order valence-electron chi connectivity index (χ0n) is 9.25. The second kappa shape index (κ2) is 4.61. The summed E-state index contributed by atoms with van der Waals surface area (Å²) in [6.45, 7) is 0.640. The summed E-state index contributed by atoms with van der Waals surface area (Å²) in [6, 6.07) is 0. The lowest BCUT2D eigenvalue weighted by Crippen LogP contribution is -2.59. The van der Waals surface area contributed by atoms with Crippen LogP contribution in [0.2, 0.25) is 0 Å². The Bertz CT molecular complexity index is 259. The maximum Gasteiger partial charge on any atom is 0.329 e. The van der Waals surface area contributed by atoms with Gasteiger partial charge in [0, 0.05) is 13.0 Å². The number of hydrogen-bond donors (Lipinski definition) is 2. The quantitative estimate of drug-likeness (QED) is 0.679. The summed E-state index contributed by atoms with van der Waals surface area (Å²) >= 11 is 0. The molecular weight excluding hydrogens is 196 g/mol. The van der Waals surface area contributed by atoms with Gasteiger partial charge in [-0.2, -0.15) is 0 Å². The van der Waals surface area contributed by atoms with E-state index in [2.05, 4.69) is 5.32 Å². The number of carboxylic acids is 1. The van der Waals surface area contributed by atoms with E-state index >= 15 is 0 Å². The van der Waals surface area contributed by atoms with Crippen molar-refractivity contribution in [3.05, 3.63) is 0 Å². The highest BCUT2D eigenvalue weighted by molar-refractivity contribution is 5.87. The molecule has 0 saturated heterocycles. The molecule has 0 atom stereocenters. The van der Waals surface area contributed by atoms with Gasteiger partial charge < -0.3 is 15.3 Å². The normalized spacial score (nSPS) is 18.3. The van der Waals surface area contributed by atoms with Gasteiger partial charge in [-0.15, -0.1) is 0 Å². The molecule has 1 aliphatic rings. The van der Waals surface area contributed by atoms with E-state index in [1.54, 1.807) is 0 Å². The molecule has 2 N–H and O–H groups in total. The molecule has 0 aromatic carbocycles. The first kappa shape index (κ1) is 12.0. The maximum atomic E-state index is 11.5. The van der Waals surface area contributed by atoms with E-state index in [1.807, 2.05) is 19.0 Å². The minimum Gasteiger partial charge on any atom is -0.480 e. The molecular formula is C10H18N2O3. The van der Waals surface area contributed by atoms with Gasteiger partial charge in [-0.1, -0.05) is 0 Å². The number of carbonyl (C=O) groups excluding carboxylic acids is 1. The Morgan fingerprint density at radius 2 is 2.00 bits per heavy atom. The predicted molar refractivity (Wildman–Crippen MR) is 55.5 cm³/mol. The Labute approximate surface area is 89.4 Å². The van der Waals surface area contributed by atoms with Gasteiger partial charge in [-0.05, 0) is 33.4 Å². The average Bonchev–Trinajstić information content (AvgIpc) is 2.07. The van der Waals surface area contributed by atoms with Gasteiger partial charge in [0.1, 0.15) is 5.54 Å². The standard InChI is InChI=1S/C10H18N2O3/c1-12(2)7-4-8(13)11-10(9(14)15)5-3-6-10/h3-7H2,1-2H3,(H,11,13)(H,14,15). The molecule has 5 heteroatoms. The molecule has 0 heterocycles. The summed E-state index contributed by atoms with van der Waals surface area (Å²) in [5.41, 5.74) is -0.969. The van der Waals surface area contributed by atoms with Crippen LogP contribution in [0.15, 0.2) is 0 Å². The lowest BCUT2D eigenvalue weighted by molar-refractivity contribution is -0.151. The zero-order chi connectivity index (χ0) is 11.5. The number of amides is 1. The van der Waals surface area contributed by atoms with E-state index in [-0.39, 0.29) is 5.91 Å². The summed E-state index contributed by atoms with van der Waals surface area (Å²) in [6.07, 6.45) is 2.33. The number of carbonyl (C=O) groups is 2. The Hall–Kier alpha value is -1.10. The van der Waals surface area contributed by atoms with Gasteiger partial charge in [0.25, 0.3) is 0 Å². The smallest absolute Gasteiger partial charge is 0.329 e. The largest absolute Gasteiger partial charge is 0.480 e. The Morgan fingerprint density at radius 3 is 2.33 bits per heavy atom. The first-order valence-electron chi connectivity index (χ1n) is 5.15. The van der Waals surface area contributed by atoms with Crippen LogP contribution in [-0.4, -0.2) is 48.1 Å². The fourth-order valence-corrected chi connectivity index (χ4v) is 1.58. The number of carboxylic acid groups (broad SMARTS) is 1. The molecule has 0 unspecified atom stereocenters. The molecule has 1 aliphatic carbocycles. The molecule has 0 bridgehead atoms. The van der Waals surface area contributed by atoms with Crippen molar-refractivity contribution in [2.24, 2.45) is 0 Å². The van der Waals surface area contributed by atoms with Crippen molar-refractivity contribution in [1.82, 2.24) is 10.2 Å². The molecule has 0 radical (unpaired) electrons. The van der Waals surface area contributed by atoms with E-state index in [1.165, 1.54) is 0 Å². The van der Waals surface area contributed by atoms with E-state index in [0.29, 0.717) is 25.8 Å². The fraction of sp³-hybridized carbons (Fsp3) is 0.800. The minimum absolute atomic E-state index is 0.175. The third-order valence-corrected chi connectivity index (χ3v) is 2.78. The molecule has 0 aliphatic heterocycles. The van der Waals surface area contributed by atoms with E-state index in [9.17, 15) is 9.59 Å². The van der Waals surface area contributed by atoms with E-state index < -0.39 is 11.5 Å². The fourth-order valence-electron chi connectivity index (χ4n) is 1.58. The van der Waals surface area contributed by atoms with Crippen LogP contribution >= 0.6 is 0 Å². The Balaban J connectivity index is 2.39. The van der Waals surface area contributed by atoms with Crippen LogP contribution in [0.3, 0.4) is 0 Å². The van der Waals surface area contributed by atoms with Gasteiger partial charge in [-0.25, -0.2) is 4.79 Å². The second-order valence-corrected chi connectivity index (χ2v) is 4.34. The summed E-state index contributed by atoms with van der Waals surface area (Å²) in [5.74, 6) is -1.09. The number of rotatable bonds is 5. The van der Waals surface area contributed by atoms with Crippen LogP contribution in [0.25, 0.3) is 0 Å². The van der Waals surface area contributed by atoms with E-state index in [4.69, 9.17) is 5.11 Å². The summed E-state index contributed by atoms with van der Waals surface area (Å²) in [4.78, 5) is 24.3. The molecule has 15 heavy (non-hydrogen) atoms. The predicted octanol–water partition coefficient (Wildman–Crippen LogP) is 0.0616. The number of aliphatic carboxylic acids is 1. The molecule has 0 spiro atoms. The average molecular weight is 214 g/mol. The third kappa shape index (κ3) is 2.92. The van der Waals surface area contributed by atoms with Crippen molar-refractivity contribution in [1.29, 1.82) is 0 Å². The number of hydrogen-bond acceptors (Lipinski definition) is 3. The monoisotopic (exact) mass is 214 g/mol. The molecule has 86 valence electrons. The van der Waals surface area contributed by atoms with Gasteiger partial charge in [-0.3, -0.25) is 4.79 Å². The second-order valence-electron chi connectivity index (χ2n) is 4.34. The van der Waals surface area contributed by atoms with E-state index in [0.717, 1.165) is 6.42 Å². The Kier molecular flexibility index (Phi) is 3.68. The molecule has 1 fully saturated rings. The topological polar surface area (TPSA) is 69.6 Å². The molecule has 0 aromatic rings. The minimum atomic E-state index is -0.969. The van der Waals surface area contributed by atoms with Crippen LogP contribution in [0.4, 0.5) is 0 Å². The van der Waals surface area contributed by atoms with Crippen LogP contribution in [0, 0.1) is 0 Å². The van der Waals surface area contributed by atoms with Gasteiger partial charge in [0.15, 0.2) is 0 Å². The summed E-state index contributed by atoms with van der Waals surface area (Å²) < 4.78 is 0. The Morgan fingerprint density at radius 1 is 1.40 bits per heavy atom. The van der Waals surface area contributed by atoms with Crippen molar-refractivity contribution in [2.75, 3.05) is 20.6 Å². The first-order valence-corrected chi connectivity index (χ1v) is 5.15. The molecule has 1 rings (SSSR count). The first-order chi connectivity index (χ1) is 6.96. The lowest BCUT2D eigenvalue weighted by Gasteiger charge is -2.38. The highest BCUT2D eigenvalue weighted by atomic mass is 16.4. The highest BCUT2D eigenvalue weighted by Crippen LogP contribution is 2.31. The van der Waals surface area contributed by atoms with Crippen LogP contribution < -0.4 is 5.32 Å². The maximum absolute atomic E-state index is 11.5. The van der Waals surface area contributed by atoms with Gasteiger partial charge in [0.05, 0.1) is 0 Å². The molecule has 1 saturated carbocycles. The molecule has 0 aromatic heterocycles. The molecule has 5 nitrogen and oxygen atoms in total. The number of nitrogens with zero attached hydrogens (tertiary/aromatic N) is 1. The van der Waals surface area contributed by atoms with Gasteiger partial charge in [0.2, 0.25) is 5.91 Å². The third-order valence-electron chi connectivity index (χ3n) is 2.78. The summed E-state index contributed by atoms with van der Waals surface area (Å²) in [5, 5.41) is 11.6. The van der Waals surface area contributed by atoms with Crippen LogP contribution in [-0.2, 0) is 9.59 Å². The zero-order valence-corrected chi connectivity index (χ0v) is 9.25. The van der Waals surface area contributed by atoms with Crippen molar-refractivity contribution < 1.29 is 14.7 Å². The van der Waals surface area contributed by atoms with Crippen molar-refractivity contribution in [2.45, 2.75) is 31.2 Å². The highest BCUT2D eigenvalue weighted by Gasteiger charge is 2.45. The molecule has 1 amide bonds. The van der Waals surface area contributed by atoms with Gasteiger partial charge >= 0.3 is 5.97 Å². The van der Waals surface area contributed by atoms with Crippen molar-refractivity contribution >= 4 is 11.9 Å². The van der Waals surface area contributed by atoms with Crippen molar-refractivity contribution in [3.8, 4) is 0 Å². The summed E-state index contributed by atoms with van der Waals surface area (Å²) in [7, 11) is 3.76. The van der Waals surface area contributed by atoms with Crippen molar-refractivity contribution in [3.63, 3.8) is 0 Å².